The first-order chi connectivity index (χ1) is 13.7. The van der Waals surface area contributed by atoms with Gasteiger partial charge in [-0.15, -0.1) is 0 Å². The van der Waals surface area contributed by atoms with Crippen molar-refractivity contribution in [3.8, 4) is 0 Å². The van der Waals surface area contributed by atoms with E-state index >= 15 is 0 Å². The van der Waals surface area contributed by atoms with Gasteiger partial charge in [-0.3, -0.25) is 19.7 Å². The Morgan fingerprint density at radius 2 is 1.76 bits per heavy atom. The maximum atomic E-state index is 13.0. The van der Waals surface area contributed by atoms with Gasteiger partial charge in [0.2, 0.25) is 12.0 Å². The molecule has 29 heavy (non-hydrogen) atoms. The lowest BCUT2D eigenvalue weighted by molar-refractivity contribution is -0.384. The van der Waals surface area contributed by atoms with Crippen molar-refractivity contribution in [2.24, 2.45) is 11.1 Å². The van der Waals surface area contributed by atoms with Gasteiger partial charge in [0.05, 0.1) is 16.2 Å². The maximum Gasteiger partial charge on any atom is 0.416 e. The summed E-state index contributed by atoms with van der Waals surface area (Å²) < 4.78 is 38.9. The third-order valence-corrected chi connectivity index (χ3v) is 4.62. The van der Waals surface area contributed by atoms with E-state index in [9.17, 15) is 32.9 Å². The number of benzene rings is 2. The van der Waals surface area contributed by atoms with Crippen LogP contribution < -0.4 is 4.90 Å². The summed E-state index contributed by atoms with van der Waals surface area (Å²) in [6.07, 6.45) is -5.94. The first-order valence-electron chi connectivity index (χ1n) is 8.22. The van der Waals surface area contributed by atoms with Gasteiger partial charge in [0.25, 0.3) is 11.6 Å². The molecule has 0 unspecified atom stereocenters. The van der Waals surface area contributed by atoms with Crippen LogP contribution in [0.1, 0.15) is 11.1 Å². The normalized spacial score (nSPS) is 21.1. The summed E-state index contributed by atoms with van der Waals surface area (Å²) in [5.74, 6) is -2.77. The molecule has 2 aliphatic rings. The zero-order valence-electron chi connectivity index (χ0n) is 14.3. The van der Waals surface area contributed by atoms with E-state index in [0.717, 1.165) is 12.1 Å². The average Bonchev–Trinajstić information content (AvgIpc) is 3.22. The Bertz CT molecular complexity index is 1070. The van der Waals surface area contributed by atoms with Crippen LogP contribution in [0.4, 0.5) is 24.5 Å². The number of imide groups is 1. The molecule has 0 aliphatic carbocycles. The number of amides is 2. The smallest absolute Gasteiger partial charge is 0.381 e. The van der Waals surface area contributed by atoms with Crippen molar-refractivity contribution in [3.63, 3.8) is 0 Å². The van der Waals surface area contributed by atoms with Gasteiger partial charge in [-0.05, 0) is 30.3 Å². The Kier molecular flexibility index (Phi) is 4.10. The quantitative estimate of drug-likeness (QED) is 0.444. The fourth-order valence-electron chi connectivity index (χ4n) is 3.25. The first kappa shape index (κ1) is 18.6. The Labute approximate surface area is 160 Å². The van der Waals surface area contributed by atoms with Gasteiger partial charge < -0.3 is 4.84 Å². The van der Waals surface area contributed by atoms with Crippen LogP contribution in [0.3, 0.4) is 0 Å². The number of anilines is 1. The van der Waals surface area contributed by atoms with Gasteiger partial charge in [0.15, 0.2) is 0 Å². The Hall–Kier alpha value is -3.76. The number of alkyl halides is 3. The molecule has 4 rings (SSSR count). The standard InChI is InChI=1S/C18H10F3N3O5/c19-18(20,21)10-2-1-3-12(8-10)23-16(25)13-14(22-29-15(13)17(23)26)9-4-6-11(7-5-9)24(27)28/h1-8,13,15H/t13-,15-/m1/s1. The van der Waals surface area contributed by atoms with E-state index in [1.807, 2.05) is 0 Å². The van der Waals surface area contributed by atoms with Crippen LogP contribution in [0.2, 0.25) is 0 Å². The number of nitro groups is 1. The number of rotatable bonds is 3. The van der Waals surface area contributed by atoms with E-state index < -0.39 is 40.5 Å². The number of nitro benzene ring substituents is 1. The van der Waals surface area contributed by atoms with E-state index in [4.69, 9.17) is 4.84 Å². The number of hydrogen-bond donors (Lipinski definition) is 0. The highest BCUT2D eigenvalue weighted by Gasteiger charge is 2.56. The molecule has 2 aromatic rings. The molecule has 0 saturated carbocycles. The second-order valence-electron chi connectivity index (χ2n) is 6.34. The molecule has 11 heteroatoms. The summed E-state index contributed by atoms with van der Waals surface area (Å²) in [6, 6.07) is 8.97. The van der Waals surface area contributed by atoms with Gasteiger partial charge in [-0.25, -0.2) is 4.90 Å². The minimum absolute atomic E-state index is 0.0812. The second kappa shape index (κ2) is 6.40. The second-order valence-corrected chi connectivity index (χ2v) is 6.34. The SMILES string of the molecule is O=C1[C@@H]2C(c3ccc([N+](=O)[O-])cc3)=NO[C@H]2C(=O)N1c1cccc(C(F)(F)F)c1. The number of carbonyl (C=O) groups is 2. The number of nitrogens with zero attached hydrogens (tertiary/aromatic N) is 3. The number of fused-ring (bicyclic) bond motifs is 1. The fourth-order valence-corrected chi connectivity index (χ4v) is 3.25. The molecule has 2 amide bonds. The van der Waals surface area contributed by atoms with E-state index in [1.54, 1.807) is 0 Å². The number of carbonyl (C=O) groups excluding carboxylic acids is 2. The van der Waals surface area contributed by atoms with Gasteiger partial charge in [-0.2, -0.15) is 13.2 Å². The highest BCUT2D eigenvalue weighted by Crippen LogP contribution is 2.37. The van der Waals surface area contributed by atoms with Crippen molar-refractivity contribution >= 4 is 28.9 Å². The molecule has 1 fully saturated rings. The van der Waals surface area contributed by atoms with Crippen LogP contribution in [0.25, 0.3) is 0 Å². The fraction of sp³-hybridized carbons (Fsp3) is 0.167. The van der Waals surface area contributed by atoms with Crippen LogP contribution in [0.15, 0.2) is 53.7 Å². The van der Waals surface area contributed by atoms with Crippen LogP contribution in [0, 0.1) is 16.0 Å². The number of halogens is 3. The van der Waals surface area contributed by atoms with Crippen LogP contribution in [-0.4, -0.2) is 28.6 Å². The predicted octanol–water partition coefficient (Wildman–Crippen LogP) is 2.91. The summed E-state index contributed by atoms with van der Waals surface area (Å²) in [6.45, 7) is 0. The van der Waals surface area contributed by atoms with E-state index in [0.29, 0.717) is 16.5 Å². The van der Waals surface area contributed by atoms with Gasteiger partial charge in [0, 0.05) is 17.7 Å². The van der Waals surface area contributed by atoms with Crippen molar-refractivity contribution in [1.29, 1.82) is 0 Å². The zero-order valence-corrected chi connectivity index (χ0v) is 14.3. The molecular formula is C18H10F3N3O5. The van der Waals surface area contributed by atoms with Crippen LogP contribution in [-0.2, 0) is 20.6 Å². The summed E-state index contributed by atoms with van der Waals surface area (Å²) in [5.41, 5.74) is -0.995. The summed E-state index contributed by atoms with van der Waals surface area (Å²) in [5, 5.41) is 14.5. The highest BCUT2D eigenvalue weighted by atomic mass is 19.4. The zero-order chi connectivity index (χ0) is 20.9. The average molecular weight is 405 g/mol. The van der Waals surface area contributed by atoms with Crippen molar-refractivity contribution in [2.45, 2.75) is 12.3 Å². The molecule has 0 aromatic heterocycles. The number of hydrogen-bond acceptors (Lipinski definition) is 6. The largest absolute Gasteiger partial charge is 0.416 e. The molecular weight excluding hydrogens is 395 g/mol. The third-order valence-electron chi connectivity index (χ3n) is 4.62. The molecule has 2 heterocycles. The first-order valence-corrected chi connectivity index (χ1v) is 8.22. The molecule has 2 aliphatic heterocycles. The summed E-state index contributed by atoms with van der Waals surface area (Å²) in [4.78, 5) is 41.4. The molecule has 0 bridgehead atoms. The number of non-ortho nitro benzene ring substituents is 1. The van der Waals surface area contributed by atoms with E-state index in [-0.39, 0.29) is 17.1 Å². The van der Waals surface area contributed by atoms with Gasteiger partial charge >= 0.3 is 6.18 Å². The molecule has 2 aromatic carbocycles. The Morgan fingerprint density at radius 3 is 2.38 bits per heavy atom. The maximum absolute atomic E-state index is 13.0. The lowest BCUT2D eigenvalue weighted by atomic mass is 9.94. The van der Waals surface area contributed by atoms with Crippen molar-refractivity contribution in [3.05, 3.63) is 69.8 Å². The number of oxime groups is 1. The molecule has 8 nitrogen and oxygen atoms in total. The molecule has 0 spiro atoms. The minimum atomic E-state index is -4.64. The highest BCUT2D eigenvalue weighted by molar-refractivity contribution is 6.32. The molecule has 2 atom stereocenters. The summed E-state index contributed by atoms with van der Waals surface area (Å²) >= 11 is 0. The molecule has 0 radical (unpaired) electrons. The van der Waals surface area contributed by atoms with Crippen molar-refractivity contribution < 1.29 is 32.5 Å². The molecule has 1 saturated heterocycles. The summed E-state index contributed by atoms with van der Waals surface area (Å²) in [7, 11) is 0. The van der Waals surface area contributed by atoms with E-state index in [1.165, 1.54) is 30.3 Å². The van der Waals surface area contributed by atoms with Crippen LogP contribution >= 0.6 is 0 Å². The van der Waals surface area contributed by atoms with Crippen LogP contribution in [0.5, 0.6) is 0 Å². The monoisotopic (exact) mass is 405 g/mol. The van der Waals surface area contributed by atoms with E-state index in [2.05, 4.69) is 5.16 Å². The third kappa shape index (κ3) is 3.00. The Morgan fingerprint density at radius 1 is 1.07 bits per heavy atom. The van der Waals surface area contributed by atoms with Gasteiger partial charge in [0.1, 0.15) is 11.6 Å². The topological polar surface area (TPSA) is 102 Å². The molecule has 148 valence electrons. The van der Waals surface area contributed by atoms with Crippen molar-refractivity contribution in [1.82, 2.24) is 0 Å². The van der Waals surface area contributed by atoms with Crippen molar-refractivity contribution in [2.75, 3.05) is 4.90 Å². The molecule has 0 N–H and O–H groups in total. The lowest BCUT2D eigenvalue weighted by Crippen LogP contribution is -2.33. The van der Waals surface area contributed by atoms with Gasteiger partial charge in [-0.1, -0.05) is 11.2 Å². The Balaban J connectivity index is 1.67. The lowest BCUT2D eigenvalue weighted by Gasteiger charge is -2.17. The minimum Gasteiger partial charge on any atom is -0.381 e. The predicted molar refractivity (Wildman–Crippen MR) is 91.9 cm³/mol.